The summed E-state index contributed by atoms with van der Waals surface area (Å²) < 4.78 is 0. The summed E-state index contributed by atoms with van der Waals surface area (Å²) in [5.41, 5.74) is 0. The molecule has 0 saturated carbocycles. The van der Waals surface area contributed by atoms with Gasteiger partial charge in [0.2, 0.25) is 0 Å². The molecule has 10 heavy (non-hydrogen) atoms. The van der Waals surface area contributed by atoms with Crippen molar-refractivity contribution in [3.05, 3.63) is 6.92 Å². The molecule has 0 fully saturated rings. The van der Waals surface area contributed by atoms with Crippen molar-refractivity contribution < 1.29 is 29.9 Å². The van der Waals surface area contributed by atoms with E-state index < -0.39 is 0 Å². The van der Waals surface area contributed by atoms with Crippen molar-refractivity contribution in [2.24, 2.45) is 0 Å². The zero-order valence-electron chi connectivity index (χ0n) is 6.11. The maximum absolute atomic E-state index is 9.66. The minimum atomic E-state index is 0. The molecule has 0 heterocycles. The molecule has 0 bridgehead atoms. The van der Waals surface area contributed by atoms with E-state index in [0.717, 1.165) is 19.3 Å². The minimum absolute atomic E-state index is 0. The second-order valence-corrected chi connectivity index (χ2v) is 1.26. The van der Waals surface area contributed by atoms with Crippen molar-refractivity contribution in [1.82, 2.24) is 0 Å². The summed E-state index contributed by atoms with van der Waals surface area (Å²) in [5, 5.41) is 9.66. The van der Waals surface area contributed by atoms with Crippen LogP contribution in [0, 0.1) is 6.92 Å². The van der Waals surface area contributed by atoms with Gasteiger partial charge in [-0.1, -0.05) is 12.8 Å². The van der Waals surface area contributed by atoms with E-state index in [1.54, 1.807) is 0 Å². The van der Waals surface area contributed by atoms with Gasteiger partial charge in [-0.05, 0) is 0 Å². The number of hydrogen-bond acceptors (Lipinski definition) is 1. The van der Waals surface area contributed by atoms with Crippen LogP contribution >= 0.6 is 0 Å². The molecular formula is C5H10Cl2Mg2O. The largest absolute Gasteiger partial charge is 2.00 e. The van der Waals surface area contributed by atoms with Gasteiger partial charge in [-0.25, -0.2) is 0 Å². The van der Waals surface area contributed by atoms with Gasteiger partial charge >= 0.3 is 46.1 Å². The Bertz CT molecular complexity index is 29.6. The fraction of sp³-hybridized carbons (Fsp3) is 0.800. The quantitative estimate of drug-likeness (QED) is 0.255. The predicted octanol–water partition coefficient (Wildman–Crippen LogP) is -6.40. The third-order valence-corrected chi connectivity index (χ3v) is 0.644. The van der Waals surface area contributed by atoms with E-state index in [1.165, 1.54) is 0 Å². The van der Waals surface area contributed by atoms with E-state index in [0.29, 0.717) is 0 Å². The summed E-state index contributed by atoms with van der Waals surface area (Å²) in [4.78, 5) is 0. The van der Waals surface area contributed by atoms with Gasteiger partial charge in [0.1, 0.15) is 0 Å². The van der Waals surface area contributed by atoms with E-state index in [4.69, 9.17) is 0 Å². The van der Waals surface area contributed by atoms with E-state index in [1.807, 2.05) is 0 Å². The Morgan fingerprint density at radius 3 is 1.50 bits per heavy atom. The Balaban J connectivity index is -0.0000000208. The van der Waals surface area contributed by atoms with Gasteiger partial charge in [0.25, 0.3) is 0 Å². The molecule has 0 aromatic rings. The fourth-order valence-electron chi connectivity index (χ4n) is 0.279. The predicted molar refractivity (Wildman–Crippen MR) is 35.6 cm³/mol. The van der Waals surface area contributed by atoms with Crippen LogP contribution in [0.5, 0.6) is 0 Å². The van der Waals surface area contributed by atoms with E-state index >= 15 is 0 Å². The zero-order valence-corrected chi connectivity index (χ0v) is 10.5. The molecular weight excluding hydrogens is 196 g/mol. The average molecular weight is 206 g/mol. The van der Waals surface area contributed by atoms with Crippen LogP contribution in [0.1, 0.15) is 19.3 Å². The Labute approximate surface area is 108 Å². The maximum atomic E-state index is 9.66. The molecule has 0 aromatic heterocycles. The molecule has 0 spiro atoms. The summed E-state index contributed by atoms with van der Waals surface area (Å²) in [5.74, 6) is 0. The summed E-state index contributed by atoms with van der Waals surface area (Å²) >= 11 is 0. The maximum Gasteiger partial charge on any atom is 2.00 e. The number of hydrogen-bond donors (Lipinski definition) is 0. The van der Waals surface area contributed by atoms with Gasteiger partial charge in [0.15, 0.2) is 0 Å². The Morgan fingerprint density at radius 2 is 1.40 bits per heavy atom. The summed E-state index contributed by atoms with van der Waals surface area (Å²) in [7, 11) is 0. The van der Waals surface area contributed by atoms with Gasteiger partial charge in [-0.15, -0.1) is 6.61 Å². The third-order valence-electron chi connectivity index (χ3n) is 0.644. The zero-order chi connectivity index (χ0) is 4.83. The molecule has 0 aliphatic heterocycles. The second kappa shape index (κ2) is 30.5. The number of rotatable bonds is 3. The van der Waals surface area contributed by atoms with Crippen LogP contribution in [0.25, 0.3) is 0 Å². The normalized spacial score (nSPS) is 5.40. The molecule has 0 radical (unpaired) electrons. The fourth-order valence-corrected chi connectivity index (χ4v) is 0.279. The molecule has 0 saturated heterocycles. The summed E-state index contributed by atoms with van der Waals surface area (Å²) in [6.45, 7) is 3.65. The van der Waals surface area contributed by atoms with Crippen molar-refractivity contribution in [1.29, 1.82) is 0 Å². The molecule has 0 N–H and O–H groups in total. The van der Waals surface area contributed by atoms with Crippen LogP contribution in [0.15, 0.2) is 0 Å². The number of unbranched alkanes of at least 4 members (excludes halogenated alkanes) is 2. The van der Waals surface area contributed by atoms with Crippen LogP contribution in [0.2, 0.25) is 0 Å². The first-order chi connectivity index (χ1) is 2.91. The molecule has 1 nitrogen and oxygen atoms in total. The Kier molecular flexibility index (Phi) is 90.1. The van der Waals surface area contributed by atoms with Crippen LogP contribution in [-0.2, 0) is 0 Å². The first-order valence-corrected chi connectivity index (χ1v) is 2.29. The van der Waals surface area contributed by atoms with E-state index in [2.05, 4.69) is 6.92 Å². The standard InChI is InChI=1S/C5H10O.2ClH.2Mg/c1-2-3-4-5-6;;;;/h1-5H2;2*1H;;/q-2;;;2*+2/p-2. The van der Waals surface area contributed by atoms with Crippen LogP contribution in [0.4, 0.5) is 0 Å². The van der Waals surface area contributed by atoms with Gasteiger partial charge in [0, 0.05) is 0 Å². The third kappa shape index (κ3) is 32.2. The number of halogens is 2. The summed E-state index contributed by atoms with van der Waals surface area (Å²) in [6.07, 6.45) is 2.69. The van der Waals surface area contributed by atoms with Gasteiger partial charge < -0.3 is 36.8 Å². The van der Waals surface area contributed by atoms with Gasteiger partial charge in [-0.2, -0.15) is 6.42 Å². The first-order valence-electron chi connectivity index (χ1n) is 2.29. The molecule has 54 valence electrons. The first kappa shape index (κ1) is 29.6. The summed E-state index contributed by atoms with van der Waals surface area (Å²) in [6, 6.07) is 0. The molecule has 0 aromatic carbocycles. The Morgan fingerprint density at radius 1 is 1.00 bits per heavy atom. The van der Waals surface area contributed by atoms with Crippen molar-refractivity contribution in [2.45, 2.75) is 19.3 Å². The smallest absolute Gasteiger partial charge is 1.00 e. The molecule has 0 aliphatic rings. The second-order valence-electron chi connectivity index (χ2n) is 1.26. The SMILES string of the molecule is [CH2-]CCCC[O-].[Cl-].[Cl-].[Mg+2].[Mg+2]. The monoisotopic (exact) mass is 204 g/mol. The van der Waals surface area contributed by atoms with Crippen molar-refractivity contribution >= 4 is 46.1 Å². The van der Waals surface area contributed by atoms with Crippen LogP contribution in [-0.4, -0.2) is 52.7 Å². The van der Waals surface area contributed by atoms with Crippen molar-refractivity contribution in [2.75, 3.05) is 6.61 Å². The van der Waals surface area contributed by atoms with Gasteiger partial charge in [0.05, 0.1) is 0 Å². The molecule has 0 unspecified atom stereocenters. The molecule has 5 heteroatoms. The Hall–Kier alpha value is 2.07. The van der Waals surface area contributed by atoms with Crippen LogP contribution < -0.4 is 29.9 Å². The molecule has 0 amide bonds. The van der Waals surface area contributed by atoms with E-state index in [-0.39, 0.29) is 77.5 Å². The molecule has 0 atom stereocenters. The van der Waals surface area contributed by atoms with Crippen LogP contribution in [0.3, 0.4) is 0 Å². The minimum Gasteiger partial charge on any atom is -1.00 e. The average Bonchev–Trinajstić information content (AvgIpc) is 1.61. The molecule has 0 rings (SSSR count). The topological polar surface area (TPSA) is 23.1 Å². The van der Waals surface area contributed by atoms with Gasteiger partial charge in [-0.3, -0.25) is 0 Å². The van der Waals surface area contributed by atoms with Crippen molar-refractivity contribution in [3.63, 3.8) is 0 Å². The van der Waals surface area contributed by atoms with E-state index in [9.17, 15) is 5.11 Å². The molecule has 0 aliphatic carbocycles. The van der Waals surface area contributed by atoms with Crippen molar-refractivity contribution in [3.8, 4) is 0 Å².